The summed E-state index contributed by atoms with van der Waals surface area (Å²) in [5.41, 5.74) is 0. The van der Waals surface area contributed by atoms with Gasteiger partial charge in [0.2, 0.25) is 0 Å². The van der Waals surface area contributed by atoms with Crippen LogP contribution in [0.4, 0.5) is 0 Å². The molecule has 0 aromatic heterocycles. The van der Waals surface area contributed by atoms with Crippen LogP contribution in [0.15, 0.2) is 36.5 Å². The molecule has 0 N–H and O–H groups in total. The average molecular weight is 274 g/mol. The SMILES string of the molecule is CCC1CC\C=C/C=C/C=C/CCCCCCC(=O)C1. The van der Waals surface area contributed by atoms with E-state index >= 15 is 0 Å². The zero-order valence-electron chi connectivity index (χ0n) is 13.0. The number of carbonyl (C=O) groups excluding carboxylic acids is 1. The van der Waals surface area contributed by atoms with Crippen molar-refractivity contribution in [3.05, 3.63) is 36.5 Å². The second kappa shape index (κ2) is 11.7. The molecule has 0 amide bonds. The lowest BCUT2D eigenvalue weighted by molar-refractivity contribution is -0.120. The Hall–Kier alpha value is -1.11. The Balaban J connectivity index is 2.46. The quantitative estimate of drug-likeness (QED) is 0.592. The summed E-state index contributed by atoms with van der Waals surface area (Å²) in [5, 5.41) is 0. The summed E-state index contributed by atoms with van der Waals surface area (Å²) in [6.07, 6.45) is 23.8. The molecule has 0 fully saturated rings. The highest BCUT2D eigenvalue weighted by Crippen LogP contribution is 2.18. The van der Waals surface area contributed by atoms with Gasteiger partial charge in [-0.2, -0.15) is 0 Å². The first-order valence-electron chi connectivity index (χ1n) is 8.33. The van der Waals surface area contributed by atoms with E-state index < -0.39 is 0 Å². The van der Waals surface area contributed by atoms with Crippen LogP contribution in [0.25, 0.3) is 0 Å². The van der Waals surface area contributed by atoms with Crippen molar-refractivity contribution in [3.63, 3.8) is 0 Å². The van der Waals surface area contributed by atoms with Gasteiger partial charge in [0.15, 0.2) is 0 Å². The van der Waals surface area contributed by atoms with Crippen molar-refractivity contribution in [2.45, 2.75) is 71.1 Å². The van der Waals surface area contributed by atoms with Gasteiger partial charge in [0.25, 0.3) is 0 Å². The van der Waals surface area contributed by atoms with E-state index in [1.54, 1.807) is 0 Å². The second-order valence-electron chi connectivity index (χ2n) is 5.79. The summed E-state index contributed by atoms with van der Waals surface area (Å²) in [6.45, 7) is 2.20. The maximum absolute atomic E-state index is 12.0. The molecule has 0 aromatic carbocycles. The molecular weight excluding hydrogens is 244 g/mol. The van der Waals surface area contributed by atoms with Crippen LogP contribution in [-0.2, 0) is 4.79 Å². The zero-order valence-corrected chi connectivity index (χ0v) is 13.0. The van der Waals surface area contributed by atoms with Crippen LogP contribution in [0.5, 0.6) is 0 Å². The lowest BCUT2D eigenvalue weighted by Gasteiger charge is -2.12. The van der Waals surface area contributed by atoms with Gasteiger partial charge in [-0.1, -0.05) is 62.6 Å². The van der Waals surface area contributed by atoms with Gasteiger partial charge in [0.1, 0.15) is 5.78 Å². The van der Waals surface area contributed by atoms with E-state index in [4.69, 9.17) is 0 Å². The lowest BCUT2D eigenvalue weighted by atomic mass is 9.92. The topological polar surface area (TPSA) is 17.1 Å². The fourth-order valence-corrected chi connectivity index (χ4v) is 2.62. The van der Waals surface area contributed by atoms with Crippen LogP contribution in [0, 0.1) is 5.92 Å². The van der Waals surface area contributed by atoms with E-state index in [1.165, 1.54) is 19.3 Å². The molecule has 1 atom stereocenters. The average Bonchev–Trinajstić information content (AvgIpc) is 2.45. The van der Waals surface area contributed by atoms with Gasteiger partial charge in [-0.15, -0.1) is 0 Å². The Morgan fingerprint density at radius 2 is 1.65 bits per heavy atom. The van der Waals surface area contributed by atoms with E-state index in [0.29, 0.717) is 11.7 Å². The predicted octanol–water partition coefficient (Wildman–Crippen LogP) is 5.77. The number of rotatable bonds is 1. The minimum absolute atomic E-state index is 0.477. The first kappa shape index (κ1) is 16.9. The molecule has 0 radical (unpaired) electrons. The molecule has 1 unspecified atom stereocenters. The van der Waals surface area contributed by atoms with Crippen LogP contribution >= 0.6 is 0 Å². The first-order valence-corrected chi connectivity index (χ1v) is 8.33. The minimum Gasteiger partial charge on any atom is -0.300 e. The number of Topliss-reactive ketones (excluding diaryl/α,β-unsaturated/α-hetero) is 1. The Morgan fingerprint density at radius 1 is 0.950 bits per heavy atom. The molecule has 0 saturated heterocycles. The molecule has 0 spiro atoms. The fraction of sp³-hybridized carbons (Fsp3) is 0.632. The Kier molecular flexibility index (Phi) is 9.91. The molecule has 0 saturated carbocycles. The van der Waals surface area contributed by atoms with E-state index in [0.717, 1.165) is 44.9 Å². The zero-order chi connectivity index (χ0) is 14.5. The largest absolute Gasteiger partial charge is 0.300 e. The number of hydrogen-bond acceptors (Lipinski definition) is 1. The van der Waals surface area contributed by atoms with Gasteiger partial charge in [-0.05, 0) is 38.0 Å². The van der Waals surface area contributed by atoms with E-state index in [-0.39, 0.29) is 0 Å². The van der Waals surface area contributed by atoms with E-state index in [9.17, 15) is 4.79 Å². The van der Waals surface area contributed by atoms with Crippen LogP contribution < -0.4 is 0 Å². The Labute approximate surface area is 124 Å². The molecule has 0 aliphatic heterocycles. The molecule has 1 heteroatoms. The molecule has 0 heterocycles. The number of carbonyl (C=O) groups is 1. The van der Waals surface area contributed by atoms with Crippen molar-refractivity contribution >= 4 is 5.78 Å². The summed E-state index contributed by atoms with van der Waals surface area (Å²) in [4.78, 5) is 12.0. The van der Waals surface area contributed by atoms with Crippen LogP contribution in [0.2, 0.25) is 0 Å². The smallest absolute Gasteiger partial charge is 0.133 e. The van der Waals surface area contributed by atoms with Gasteiger partial charge in [0, 0.05) is 12.8 Å². The van der Waals surface area contributed by atoms with Gasteiger partial charge in [-0.25, -0.2) is 0 Å². The number of hydrogen-bond donors (Lipinski definition) is 0. The summed E-state index contributed by atoms with van der Waals surface area (Å²) in [6, 6.07) is 0. The number of ketones is 1. The third kappa shape index (κ3) is 8.90. The van der Waals surface area contributed by atoms with Crippen molar-refractivity contribution in [1.29, 1.82) is 0 Å². The summed E-state index contributed by atoms with van der Waals surface area (Å²) in [5.74, 6) is 1.05. The molecule has 1 rings (SSSR count). The third-order valence-electron chi connectivity index (χ3n) is 4.02. The normalized spacial score (nSPS) is 28.4. The van der Waals surface area contributed by atoms with Crippen molar-refractivity contribution in [2.75, 3.05) is 0 Å². The molecule has 112 valence electrons. The van der Waals surface area contributed by atoms with Crippen molar-refractivity contribution in [1.82, 2.24) is 0 Å². The Morgan fingerprint density at radius 3 is 2.40 bits per heavy atom. The van der Waals surface area contributed by atoms with Gasteiger partial charge >= 0.3 is 0 Å². The van der Waals surface area contributed by atoms with E-state index in [2.05, 4.69) is 43.4 Å². The van der Waals surface area contributed by atoms with Crippen molar-refractivity contribution < 1.29 is 4.79 Å². The predicted molar refractivity (Wildman–Crippen MR) is 87.8 cm³/mol. The number of allylic oxidation sites excluding steroid dienone is 6. The summed E-state index contributed by atoms with van der Waals surface area (Å²) < 4.78 is 0. The monoisotopic (exact) mass is 274 g/mol. The minimum atomic E-state index is 0.477. The summed E-state index contributed by atoms with van der Waals surface area (Å²) >= 11 is 0. The molecule has 1 aliphatic carbocycles. The first-order chi connectivity index (χ1) is 9.83. The maximum atomic E-state index is 12.0. The lowest BCUT2D eigenvalue weighted by Crippen LogP contribution is -2.07. The molecule has 20 heavy (non-hydrogen) atoms. The highest BCUT2D eigenvalue weighted by Gasteiger charge is 2.11. The van der Waals surface area contributed by atoms with Gasteiger partial charge in [-0.3, -0.25) is 4.79 Å². The van der Waals surface area contributed by atoms with Crippen LogP contribution in [0.3, 0.4) is 0 Å². The van der Waals surface area contributed by atoms with Crippen LogP contribution in [-0.4, -0.2) is 5.78 Å². The molecule has 1 aliphatic rings. The molecule has 0 aromatic rings. The van der Waals surface area contributed by atoms with Gasteiger partial charge in [0.05, 0.1) is 0 Å². The molecular formula is C19H30O. The molecule has 0 bridgehead atoms. The fourth-order valence-electron chi connectivity index (χ4n) is 2.62. The van der Waals surface area contributed by atoms with Gasteiger partial charge < -0.3 is 0 Å². The highest BCUT2D eigenvalue weighted by molar-refractivity contribution is 5.78. The Bertz CT molecular complexity index is 336. The molecule has 1 nitrogen and oxygen atoms in total. The van der Waals surface area contributed by atoms with Crippen LogP contribution in [0.1, 0.15) is 71.1 Å². The third-order valence-corrected chi connectivity index (χ3v) is 4.02. The van der Waals surface area contributed by atoms with Crippen molar-refractivity contribution in [3.8, 4) is 0 Å². The summed E-state index contributed by atoms with van der Waals surface area (Å²) in [7, 11) is 0. The van der Waals surface area contributed by atoms with E-state index in [1.807, 2.05) is 0 Å². The maximum Gasteiger partial charge on any atom is 0.133 e. The second-order valence-corrected chi connectivity index (χ2v) is 5.79. The van der Waals surface area contributed by atoms with Crippen molar-refractivity contribution in [2.24, 2.45) is 5.92 Å². The highest BCUT2D eigenvalue weighted by atomic mass is 16.1. The standard InChI is InChI=1S/C19H30O/c1-2-18-15-13-11-9-7-5-3-4-6-8-10-12-14-16-19(20)17-18/h3-5,7,9,11,18H,2,6,8,10,12-17H2,1H3/b4-3+,7-5+,11-9-.